The van der Waals surface area contributed by atoms with Gasteiger partial charge in [0.25, 0.3) is 5.56 Å². The molecule has 1 N–H and O–H groups in total. The van der Waals surface area contributed by atoms with E-state index in [-0.39, 0.29) is 28.1 Å². The number of aromatic nitrogens is 3. The van der Waals surface area contributed by atoms with Crippen LogP contribution in [0.2, 0.25) is 0 Å². The summed E-state index contributed by atoms with van der Waals surface area (Å²) in [5.41, 5.74) is 1.24. The highest BCUT2D eigenvalue weighted by molar-refractivity contribution is 5.92. The summed E-state index contributed by atoms with van der Waals surface area (Å²) in [6, 6.07) is 23.1. The van der Waals surface area contributed by atoms with Crippen LogP contribution in [-0.2, 0) is 5.41 Å². The van der Waals surface area contributed by atoms with E-state index in [4.69, 9.17) is 0 Å². The summed E-state index contributed by atoms with van der Waals surface area (Å²) < 4.78 is 2.63. The van der Waals surface area contributed by atoms with Crippen LogP contribution in [0.25, 0.3) is 33.7 Å². The third-order valence-electron chi connectivity index (χ3n) is 6.12. The van der Waals surface area contributed by atoms with E-state index in [1.54, 1.807) is 22.8 Å². The van der Waals surface area contributed by atoms with Gasteiger partial charge in [0, 0.05) is 5.69 Å². The highest BCUT2D eigenvalue weighted by Crippen LogP contribution is 2.30. The molecule has 2 heterocycles. The Morgan fingerprint density at radius 3 is 2.20 bits per heavy atom. The van der Waals surface area contributed by atoms with Gasteiger partial charge in [0.05, 0.1) is 22.3 Å². The molecule has 0 saturated heterocycles. The van der Waals surface area contributed by atoms with Crippen LogP contribution < -0.4 is 11.2 Å². The maximum Gasteiger partial charge on any atom is 0.357 e. The lowest BCUT2D eigenvalue weighted by molar-refractivity contribution is 0.0697. The molecule has 0 amide bonds. The average Bonchev–Trinajstić information content (AvgIpc) is 2.83. The molecule has 174 valence electrons. The largest absolute Gasteiger partial charge is 0.478 e. The summed E-state index contributed by atoms with van der Waals surface area (Å²) >= 11 is 0. The number of fused-ring (bicyclic) bond motifs is 2. The third-order valence-corrected chi connectivity index (χ3v) is 6.12. The molecule has 0 fully saturated rings. The van der Waals surface area contributed by atoms with Gasteiger partial charge >= 0.3 is 11.7 Å². The minimum absolute atomic E-state index is 0.0151. The van der Waals surface area contributed by atoms with Crippen molar-refractivity contribution in [3.8, 4) is 22.8 Å². The molecule has 0 aliphatic carbocycles. The van der Waals surface area contributed by atoms with E-state index in [1.807, 2.05) is 48.5 Å². The van der Waals surface area contributed by atoms with E-state index >= 15 is 0 Å². The number of benzene rings is 3. The van der Waals surface area contributed by atoms with Gasteiger partial charge in [0.15, 0.2) is 5.82 Å². The molecule has 3 aromatic rings. The Hall–Kier alpha value is -4.52. The maximum atomic E-state index is 13.7. The second-order valence-corrected chi connectivity index (χ2v) is 9.43. The topological polar surface area (TPSA) is 94.2 Å². The predicted octanol–water partition coefficient (Wildman–Crippen LogP) is 4.64. The van der Waals surface area contributed by atoms with Crippen molar-refractivity contribution < 1.29 is 9.90 Å². The summed E-state index contributed by atoms with van der Waals surface area (Å²) in [4.78, 5) is 42.9. The second-order valence-electron chi connectivity index (χ2n) is 9.43. The van der Waals surface area contributed by atoms with Gasteiger partial charge in [-0.05, 0) is 52.8 Å². The number of para-hydroxylation sites is 2. The van der Waals surface area contributed by atoms with Crippen LogP contribution in [-0.4, -0.2) is 25.2 Å². The van der Waals surface area contributed by atoms with Gasteiger partial charge < -0.3 is 5.11 Å². The van der Waals surface area contributed by atoms with Crippen LogP contribution in [0.4, 0.5) is 0 Å². The van der Waals surface area contributed by atoms with Gasteiger partial charge in [-0.2, -0.15) is 4.98 Å². The molecule has 0 saturated carbocycles. The first-order chi connectivity index (χ1) is 16.7. The molecule has 35 heavy (non-hydrogen) atoms. The number of hydrogen-bond donors (Lipinski definition) is 1. The number of pyridine rings is 1. The smallest absolute Gasteiger partial charge is 0.357 e. The number of carbonyl (C=O) groups is 1. The Morgan fingerprint density at radius 2 is 1.51 bits per heavy atom. The zero-order valence-corrected chi connectivity index (χ0v) is 19.5. The van der Waals surface area contributed by atoms with E-state index in [0.717, 1.165) is 26.7 Å². The molecular weight excluding hydrogens is 442 g/mol. The Bertz CT molecular complexity index is 1690. The van der Waals surface area contributed by atoms with Crippen molar-refractivity contribution in [1.82, 2.24) is 14.1 Å². The quantitative estimate of drug-likeness (QED) is 0.392. The number of rotatable bonds is 3. The summed E-state index contributed by atoms with van der Waals surface area (Å²) in [6.07, 6.45) is 0. The van der Waals surface area contributed by atoms with Crippen molar-refractivity contribution in [2.45, 2.75) is 26.2 Å². The number of nitrogens with zero attached hydrogens (tertiary/aromatic N) is 3. The molecule has 7 heteroatoms. The molecular formula is C28H23N3O4. The zero-order valence-electron chi connectivity index (χ0n) is 19.5. The first-order valence-electron chi connectivity index (χ1n) is 11.2. The van der Waals surface area contributed by atoms with Crippen LogP contribution in [0, 0.1) is 0 Å². The zero-order chi connectivity index (χ0) is 24.9. The van der Waals surface area contributed by atoms with Gasteiger partial charge in [-0.3, -0.25) is 9.36 Å². The maximum absolute atomic E-state index is 13.7. The molecule has 0 unspecified atom stereocenters. The lowest BCUT2D eigenvalue weighted by Gasteiger charge is -2.22. The SMILES string of the molecule is CC(C)(C)c1ccc(-n2c3nc(=O)n(-c4ccccc4C(=O)O)c(=O)c-3cc3ccccc32)cc1. The van der Waals surface area contributed by atoms with Crippen LogP contribution in [0.15, 0.2) is 88.5 Å². The first kappa shape index (κ1) is 22.3. The van der Waals surface area contributed by atoms with Crippen LogP contribution in [0.5, 0.6) is 0 Å². The number of aromatic carboxylic acids is 1. The fraction of sp³-hybridized carbons (Fsp3) is 0.143. The number of carboxylic acid groups (broad SMARTS) is 1. The highest BCUT2D eigenvalue weighted by Gasteiger charge is 2.24. The van der Waals surface area contributed by atoms with Gasteiger partial charge in [-0.25, -0.2) is 14.2 Å². The molecule has 0 atom stereocenters. The fourth-order valence-electron chi connectivity index (χ4n) is 4.32. The normalized spacial score (nSPS) is 11.7. The molecule has 0 aromatic heterocycles. The summed E-state index contributed by atoms with van der Waals surface area (Å²) in [5.74, 6) is -1.02. The van der Waals surface area contributed by atoms with Crippen LogP contribution in [0.3, 0.4) is 0 Å². The molecule has 0 bridgehead atoms. The van der Waals surface area contributed by atoms with Crippen LogP contribution in [0.1, 0.15) is 36.7 Å². The van der Waals surface area contributed by atoms with Crippen molar-refractivity contribution in [1.29, 1.82) is 0 Å². The minimum atomic E-state index is -1.24. The lowest BCUT2D eigenvalue weighted by Crippen LogP contribution is -2.37. The van der Waals surface area contributed by atoms with Gasteiger partial charge in [-0.15, -0.1) is 0 Å². The minimum Gasteiger partial charge on any atom is -0.478 e. The van der Waals surface area contributed by atoms with Gasteiger partial charge in [-0.1, -0.05) is 63.2 Å². The Kier molecular flexibility index (Phi) is 5.13. The Labute approximate surface area is 200 Å². The number of carboxylic acids is 1. The molecule has 0 radical (unpaired) electrons. The monoisotopic (exact) mass is 465 g/mol. The molecule has 2 aliphatic heterocycles. The lowest BCUT2D eigenvalue weighted by atomic mass is 9.87. The predicted molar refractivity (Wildman–Crippen MR) is 135 cm³/mol. The van der Waals surface area contributed by atoms with Crippen molar-refractivity contribution >= 4 is 16.9 Å². The molecule has 0 spiro atoms. The van der Waals surface area contributed by atoms with E-state index in [9.17, 15) is 19.5 Å². The fourth-order valence-corrected chi connectivity index (χ4v) is 4.32. The molecule has 7 nitrogen and oxygen atoms in total. The van der Waals surface area contributed by atoms with Crippen molar-refractivity contribution in [2.24, 2.45) is 0 Å². The Balaban J connectivity index is 1.87. The van der Waals surface area contributed by atoms with E-state index < -0.39 is 17.2 Å². The summed E-state index contributed by atoms with van der Waals surface area (Å²) in [5, 5.41) is 10.4. The highest BCUT2D eigenvalue weighted by atomic mass is 16.4. The number of hydrogen-bond acceptors (Lipinski definition) is 4. The summed E-state index contributed by atoms with van der Waals surface area (Å²) in [7, 11) is 0. The van der Waals surface area contributed by atoms with E-state index in [2.05, 4.69) is 25.8 Å². The summed E-state index contributed by atoms with van der Waals surface area (Å²) in [6.45, 7) is 6.39. The van der Waals surface area contributed by atoms with E-state index in [0.29, 0.717) is 0 Å². The average molecular weight is 466 g/mol. The molecule has 3 aromatic carbocycles. The van der Waals surface area contributed by atoms with Gasteiger partial charge in [0.2, 0.25) is 0 Å². The third kappa shape index (κ3) is 3.71. The Morgan fingerprint density at radius 1 is 0.857 bits per heavy atom. The van der Waals surface area contributed by atoms with Crippen molar-refractivity contribution in [3.05, 3.63) is 111 Å². The molecule has 2 aliphatic rings. The van der Waals surface area contributed by atoms with Crippen LogP contribution >= 0.6 is 0 Å². The molecule has 5 rings (SSSR count). The van der Waals surface area contributed by atoms with Gasteiger partial charge in [0.1, 0.15) is 0 Å². The van der Waals surface area contributed by atoms with Crippen molar-refractivity contribution in [3.63, 3.8) is 0 Å². The first-order valence-corrected chi connectivity index (χ1v) is 11.2. The van der Waals surface area contributed by atoms with Crippen molar-refractivity contribution in [2.75, 3.05) is 0 Å². The van der Waals surface area contributed by atoms with E-state index in [1.165, 1.54) is 12.1 Å². The second kappa shape index (κ2) is 8.06. The standard InChI is InChI=1S/C28H23N3O4/c1-28(2,3)18-12-14-19(15-13-18)30-22-10-6-4-8-17(22)16-21-24(30)29-27(35)31(25(21)32)23-11-7-5-9-20(23)26(33)34/h4-16H,1-3H3,(H,33,34).